The average Bonchev–Trinajstić information content (AvgIpc) is 2.60. The van der Waals surface area contributed by atoms with Gasteiger partial charge >= 0.3 is 0 Å². The van der Waals surface area contributed by atoms with Crippen LogP contribution < -0.4 is 0 Å². The second kappa shape index (κ2) is 5.07. The van der Waals surface area contributed by atoms with Gasteiger partial charge in [0.15, 0.2) is 0 Å². The minimum Gasteiger partial charge on any atom is -0.268 e. The number of nitrogens with zero attached hydrogens (tertiary/aromatic N) is 1. The summed E-state index contributed by atoms with van der Waals surface area (Å²) in [5.74, 6) is 1.49. The number of halogens is 1. The molecule has 1 aliphatic rings. The van der Waals surface area contributed by atoms with E-state index >= 15 is 0 Å². The van der Waals surface area contributed by atoms with Crippen LogP contribution in [0.1, 0.15) is 5.56 Å². The van der Waals surface area contributed by atoms with Crippen LogP contribution in [-0.2, 0) is 4.79 Å². The highest BCUT2D eigenvalue weighted by Gasteiger charge is 2.34. The maximum Gasteiger partial charge on any atom is 0.294 e. The fraction of sp³-hybridized carbons (Fsp3) is 0.0769. The number of carbonyl (C=O) groups is 2. The van der Waals surface area contributed by atoms with Crippen LogP contribution in [0.4, 0.5) is 9.18 Å². The van der Waals surface area contributed by atoms with Gasteiger partial charge in [0.25, 0.3) is 11.1 Å². The van der Waals surface area contributed by atoms with Gasteiger partial charge in [0.05, 0.1) is 11.4 Å². The number of amides is 2. The molecule has 2 rings (SSSR count). The summed E-state index contributed by atoms with van der Waals surface area (Å²) in [6, 6.07) is 5.64. The quantitative estimate of drug-likeness (QED) is 0.606. The summed E-state index contributed by atoms with van der Waals surface area (Å²) in [6.45, 7) is -0.0363. The number of benzene rings is 1. The van der Waals surface area contributed by atoms with E-state index in [9.17, 15) is 14.0 Å². The largest absolute Gasteiger partial charge is 0.294 e. The number of thioether (sulfide) groups is 1. The van der Waals surface area contributed by atoms with Crippen molar-refractivity contribution in [2.45, 2.75) is 0 Å². The van der Waals surface area contributed by atoms with E-state index in [2.05, 4.69) is 5.92 Å². The van der Waals surface area contributed by atoms with Crippen molar-refractivity contribution in [2.75, 3.05) is 6.54 Å². The van der Waals surface area contributed by atoms with E-state index in [-0.39, 0.29) is 17.6 Å². The Morgan fingerprint density at radius 3 is 2.61 bits per heavy atom. The molecule has 1 saturated heterocycles. The Kier molecular flexibility index (Phi) is 3.49. The van der Waals surface area contributed by atoms with E-state index in [1.54, 1.807) is 6.08 Å². The van der Waals surface area contributed by atoms with Crippen molar-refractivity contribution in [1.82, 2.24) is 4.90 Å². The summed E-state index contributed by atoms with van der Waals surface area (Å²) < 4.78 is 12.7. The Morgan fingerprint density at radius 2 is 2.00 bits per heavy atom. The molecule has 1 aromatic carbocycles. The van der Waals surface area contributed by atoms with Gasteiger partial charge in [-0.1, -0.05) is 18.1 Å². The van der Waals surface area contributed by atoms with Crippen LogP contribution in [0.25, 0.3) is 6.08 Å². The van der Waals surface area contributed by atoms with Crippen LogP contribution >= 0.6 is 11.8 Å². The zero-order chi connectivity index (χ0) is 13.1. The minimum absolute atomic E-state index is 0.0363. The van der Waals surface area contributed by atoms with E-state index in [0.717, 1.165) is 16.7 Å². The van der Waals surface area contributed by atoms with E-state index < -0.39 is 5.91 Å². The molecular weight excluding hydrogens is 253 g/mol. The number of rotatable bonds is 2. The molecule has 3 nitrogen and oxygen atoms in total. The molecule has 5 heteroatoms. The molecule has 0 aliphatic carbocycles. The number of carbonyl (C=O) groups excluding carboxylic acids is 2. The Morgan fingerprint density at radius 1 is 1.33 bits per heavy atom. The first-order chi connectivity index (χ1) is 8.61. The summed E-state index contributed by atoms with van der Waals surface area (Å²) in [5.41, 5.74) is 0.655. The molecule has 1 fully saturated rings. The highest BCUT2D eigenvalue weighted by Crippen LogP contribution is 2.31. The van der Waals surface area contributed by atoms with Gasteiger partial charge in [0.1, 0.15) is 5.82 Å². The fourth-order valence-corrected chi connectivity index (χ4v) is 2.28. The fourth-order valence-electron chi connectivity index (χ4n) is 1.44. The summed E-state index contributed by atoms with van der Waals surface area (Å²) in [7, 11) is 0. The summed E-state index contributed by atoms with van der Waals surface area (Å²) in [6.07, 6.45) is 6.62. The normalized spacial score (nSPS) is 17.3. The van der Waals surface area contributed by atoms with Crippen molar-refractivity contribution in [3.63, 3.8) is 0 Å². The number of hydrogen-bond acceptors (Lipinski definition) is 3. The molecule has 0 aromatic heterocycles. The monoisotopic (exact) mass is 261 g/mol. The molecule has 2 amide bonds. The SMILES string of the molecule is C#CCN1C(=O)S/C(=C/c2ccc(F)cc2)C1=O. The topological polar surface area (TPSA) is 37.4 Å². The van der Waals surface area contributed by atoms with Crippen LogP contribution in [0.2, 0.25) is 0 Å². The molecule has 1 aliphatic heterocycles. The Hall–Kier alpha value is -2.06. The standard InChI is InChI=1S/C13H8FNO2S/c1-2-7-15-12(16)11(18-13(15)17)8-9-3-5-10(14)6-4-9/h1,3-6,8H,7H2/b11-8+. The van der Waals surface area contributed by atoms with Gasteiger partial charge in [-0.25, -0.2) is 4.39 Å². The molecule has 0 radical (unpaired) electrons. The summed E-state index contributed by atoms with van der Waals surface area (Å²) in [4.78, 5) is 24.6. The number of terminal acetylenes is 1. The molecule has 0 N–H and O–H groups in total. The molecule has 0 atom stereocenters. The van der Waals surface area contributed by atoms with Crippen molar-refractivity contribution in [2.24, 2.45) is 0 Å². The van der Waals surface area contributed by atoms with Gasteiger partial charge in [-0.05, 0) is 35.5 Å². The van der Waals surface area contributed by atoms with Gasteiger partial charge < -0.3 is 0 Å². The number of imide groups is 1. The van der Waals surface area contributed by atoms with Crippen molar-refractivity contribution >= 4 is 29.0 Å². The lowest BCUT2D eigenvalue weighted by Crippen LogP contribution is -2.28. The van der Waals surface area contributed by atoms with Crippen molar-refractivity contribution in [3.8, 4) is 12.3 Å². The lowest BCUT2D eigenvalue weighted by molar-refractivity contribution is -0.122. The van der Waals surface area contributed by atoms with Crippen molar-refractivity contribution < 1.29 is 14.0 Å². The van der Waals surface area contributed by atoms with E-state index in [1.165, 1.54) is 24.3 Å². The third-order valence-corrected chi connectivity index (χ3v) is 3.20. The molecule has 18 heavy (non-hydrogen) atoms. The van der Waals surface area contributed by atoms with Gasteiger partial charge in [-0.15, -0.1) is 6.42 Å². The summed E-state index contributed by atoms with van der Waals surface area (Å²) >= 11 is 0.830. The minimum atomic E-state index is -0.410. The van der Waals surface area contributed by atoms with Crippen LogP contribution in [-0.4, -0.2) is 22.6 Å². The maximum absolute atomic E-state index is 12.7. The Labute approximate surface area is 108 Å². The first kappa shape index (κ1) is 12.4. The van der Waals surface area contributed by atoms with Crippen molar-refractivity contribution in [3.05, 3.63) is 40.6 Å². The van der Waals surface area contributed by atoms with Crippen molar-refractivity contribution in [1.29, 1.82) is 0 Å². The van der Waals surface area contributed by atoms with Crippen LogP contribution in [0.3, 0.4) is 0 Å². The molecule has 0 spiro atoms. The van der Waals surface area contributed by atoms with Gasteiger partial charge in [-0.2, -0.15) is 0 Å². The predicted octanol–water partition coefficient (Wildman–Crippen LogP) is 2.50. The third-order valence-electron chi connectivity index (χ3n) is 2.29. The van der Waals surface area contributed by atoms with Crippen LogP contribution in [0.5, 0.6) is 0 Å². The first-order valence-corrected chi connectivity index (χ1v) is 5.88. The van der Waals surface area contributed by atoms with E-state index in [0.29, 0.717) is 10.5 Å². The average molecular weight is 261 g/mol. The van der Waals surface area contributed by atoms with Gasteiger partial charge in [-0.3, -0.25) is 14.5 Å². The van der Waals surface area contributed by atoms with Gasteiger partial charge in [0, 0.05) is 0 Å². The highest BCUT2D eigenvalue weighted by molar-refractivity contribution is 8.18. The number of hydrogen-bond donors (Lipinski definition) is 0. The maximum atomic E-state index is 12.7. The Balaban J connectivity index is 2.25. The zero-order valence-corrected chi connectivity index (χ0v) is 10.0. The van der Waals surface area contributed by atoms with Crippen LogP contribution in [0.15, 0.2) is 29.2 Å². The molecule has 0 unspecified atom stereocenters. The molecule has 1 heterocycles. The third kappa shape index (κ3) is 2.44. The van der Waals surface area contributed by atoms with E-state index in [4.69, 9.17) is 6.42 Å². The second-order valence-electron chi connectivity index (χ2n) is 3.52. The molecule has 90 valence electrons. The molecule has 0 bridgehead atoms. The second-order valence-corrected chi connectivity index (χ2v) is 4.52. The zero-order valence-electron chi connectivity index (χ0n) is 9.22. The summed E-state index contributed by atoms with van der Waals surface area (Å²) in [5, 5.41) is -0.383. The smallest absolute Gasteiger partial charge is 0.268 e. The first-order valence-electron chi connectivity index (χ1n) is 5.06. The van der Waals surface area contributed by atoms with E-state index in [1.807, 2.05) is 0 Å². The van der Waals surface area contributed by atoms with Crippen LogP contribution in [0, 0.1) is 18.2 Å². The molecule has 1 aromatic rings. The highest BCUT2D eigenvalue weighted by atomic mass is 32.2. The lowest BCUT2D eigenvalue weighted by atomic mass is 10.2. The van der Waals surface area contributed by atoms with Gasteiger partial charge in [0.2, 0.25) is 0 Å². The molecule has 0 saturated carbocycles. The lowest BCUT2D eigenvalue weighted by Gasteiger charge is -2.06. The molecular formula is C13H8FNO2S. The Bertz CT molecular complexity index is 572. The predicted molar refractivity (Wildman–Crippen MR) is 67.9 cm³/mol.